The van der Waals surface area contributed by atoms with E-state index >= 15 is 0 Å². The average molecular weight is 475 g/mol. The number of carboxylic acid groups (broad SMARTS) is 1. The highest BCUT2D eigenvalue weighted by Crippen LogP contribution is 2.44. The van der Waals surface area contributed by atoms with E-state index in [0.717, 1.165) is 18.2 Å². The van der Waals surface area contributed by atoms with Crippen LogP contribution in [-0.2, 0) is 12.8 Å². The Morgan fingerprint density at radius 2 is 1.76 bits per heavy atom. The van der Waals surface area contributed by atoms with Crippen molar-refractivity contribution < 1.29 is 36.6 Å². The molecule has 1 aromatic heterocycles. The molecule has 9 heteroatoms. The Morgan fingerprint density at radius 3 is 2.47 bits per heavy atom. The van der Waals surface area contributed by atoms with Gasteiger partial charge in [-0.1, -0.05) is 6.07 Å². The maximum absolute atomic E-state index is 14.0. The normalized spacial score (nSPS) is 13.9. The van der Waals surface area contributed by atoms with Gasteiger partial charge in [0.2, 0.25) is 0 Å². The number of carboxylic acids is 1. The van der Waals surface area contributed by atoms with Crippen LogP contribution in [0.15, 0.2) is 54.6 Å². The van der Waals surface area contributed by atoms with Crippen LogP contribution in [0.3, 0.4) is 0 Å². The lowest BCUT2D eigenvalue weighted by Gasteiger charge is -2.17. The Balaban J connectivity index is 1.78. The van der Waals surface area contributed by atoms with Crippen molar-refractivity contribution in [2.75, 3.05) is 0 Å². The number of aromatic carboxylic acids is 1. The first-order valence-electron chi connectivity index (χ1n) is 10.3. The van der Waals surface area contributed by atoms with Crippen molar-refractivity contribution in [3.8, 4) is 5.75 Å². The molecular weight excluding hydrogens is 457 g/mol. The third kappa shape index (κ3) is 4.93. The van der Waals surface area contributed by atoms with Crippen molar-refractivity contribution in [3.63, 3.8) is 0 Å². The summed E-state index contributed by atoms with van der Waals surface area (Å²) in [5.74, 6) is -2.70. The number of hydrogen-bond acceptors (Lipinski definition) is 3. The van der Waals surface area contributed by atoms with E-state index in [-0.39, 0.29) is 29.2 Å². The van der Waals surface area contributed by atoms with E-state index < -0.39 is 29.3 Å². The molecule has 4 rings (SSSR count). The van der Waals surface area contributed by atoms with Gasteiger partial charge in [-0.15, -0.1) is 0 Å². The number of aromatic nitrogens is 1. The largest absolute Gasteiger partial charge is 0.488 e. The molecule has 0 amide bonds. The van der Waals surface area contributed by atoms with E-state index in [0.29, 0.717) is 42.2 Å². The number of allylic oxidation sites excluding steroid dienone is 2. The summed E-state index contributed by atoms with van der Waals surface area (Å²) in [7, 11) is 0. The van der Waals surface area contributed by atoms with Crippen molar-refractivity contribution in [3.05, 3.63) is 94.3 Å². The minimum atomic E-state index is -4.60. The van der Waals surface area contributed by atoms with Crippen molar-refractivity contribution >= 4 is 17.1 Å². The van der Waals surface area contributed by atoms with E-state index in [1.165, 1.54) is 24.3 Å². The van der Waals surface area contributed by atoms with Crippen LogP contribution in [0.2, 0.25) is 0 Å². The fourth-order valence-electron chi connectivity index (χ4n) is 3.91. The first-order chi connectivity index (χ1) is 16.1. The molecule has 0 fully saturated rings. The summed E-state index contributed by atoms with van der Waals surface area (Å²) in [6.07, 6.45) is -3.05. The quantitative estimate of drug-likeness (QED) is 0.401. The summed E-state index contributed by atoms with van der Waals surface area (Å²) in [6.45, 7) is -0.320. The molecule has 1 aliphatic carbocycles. The Morgan fingerprint density at radius 1 is 1.00 bits per heavy atom. The second kappa shape index (κ2) is 9.24. The van der Waals surface area contributed by atoms with Crippen molar-refractivity contribution in [1.29, 1.82) is 0 Å². The standard InChI is InChI=1S/C25H18F5NO3/c26-16-9-7-14(20(27)12-16)13-34-23-10-8-15(25(28,29)30)11-19(23)17-3-1-4-18(17)21-5-2-6-22(31-21)24(32)33/h2,5-12H,1,3-4,13H2,(H,32,33). The summed E-state index contributed by atoms with van der Waals surface area (Å²) in [5.41, 5.74) is 0.699. The van der Waals surface area contributed by atoms with Gasteiger partial charge < -0.3 is 9.84 Å². The molecule has 0 radical (unpaired) electrons. The van der Waals surface area contributed by atoms with Crippen LogP contribution in [0, 0.1) is 11.6 Å². The summed E-state index contributed by atoms with van der Waals surface area (Å²) in [6, 6.07) is 10.4. The molecule has 0 spiro atoms. The minimum Gasteiger partial charge on any atom is -0.488 e. The van der Waals surface area contributed by atoms with Gasteiger partial charge in [0.1, 0.15) is 29.7 Å². The monoisotopic (exact) mass is 475 g/mol. The van der Waals surface area contributed by atoms with Crippen molar-refractivity contribution in [2.45, 2.75) is 32.0 Å². The zero-order valence-corrected chi connectivity index (χ0v) is 17.6. The third-order valence-corrected chi connectivity index (χ3v) is 5.53. The molecule has 3 aromatic rings. The number of rotatable bonds is 6. The number of hydrogen-bond donors (Lipinski definition) is 1. The lowest BCUT2D eigenvalue weighted by atomic mass is 9.97. The zero-order valence-electron chi connectivity index (χ0n) is 17.6. The highest BCUT2D eigenvalue weighted by Gasteiger charge is 2.32. The fourth-order valence-corrected chi connectivity index (χ4v) is 3.91. The highest BCUT2D eigenvalue weighted by molar-refractivity contribution is 5.94. The van der Waals surface area contributed by atoms with Gasteiger partial charge in [-0.3, -0.25) is 0 Å². The van der Waals surface area contributed by atoms with Crippen molar-refractivity contribution in [2.24, 2.45) is 0 Å². The predicted molar refractivity (Wildman–Crippen MR) is 114 cm³/mol. The summed E-state index contributed by atoms with van der Waals surface area (Å²) in [4.78, 5) is 15.5. The molecule has 4 nitrogen and oxygen atoms in total. The first kappa shape index (κ1) is 23.4. The van der Waals surface area contributed by atoms with Gasteiger partial charge >= 0.3 is 12.1 Å². The second-order valence-corrected chi connectivity index (χ2v) is 7.76. The topological polar surface area (TPSA) is 59.4 Å². The highest BCUT2D eigenvalue weighted by atomic mass is 19.4. The smallest absolute Gasteiger partial charge is 0.416 e. The number of carbonyl (C=O) groups is 1. The van der Waals surface area contributed by atoms with Crippen LogP contribution in [0.1, 0.15) is 52.1 Å². The lowest BCUT2D eigenvalue weighted by molar-refractivity contribution is -0.137. The third-order valence-electron chi connectivity index (χ3n) is 5.53. The summed E-state index contributed by atoms with van der Waals surface area (Å²) >= 11 is 0. The van der Waals surface area contributed by atoms with Crippen LogP contribution in [0.25, 0.3) is 11.1 Å². The van der Waals surface area contributed by atoms with E-state index in [4.69, 9.17) is 4.74 Å². The average Bonchev–Trinajstić information content (AvgIpc) is 3.27. The minimum absolute atomic E-state index is 0.0451. The molecule has 0 bridgehead atoms. The Hall–Kier alpha value is -3.75. The van der Waals surface area contributed by atoms with E-state index in [1.807, 2.05) is 0 Å². The number of pyridine rings is 1. The Bertz CT molecular complexity index is 1280. The number of ether oxygens (including phenoxy) is 1. The molecular formula is C25H18F5NO3. The summed E-state index contributed by atoms with van der Waals surface area (Å²) < 4.78 is 73.3. The van der Waals surface area contributed by atoms with Gasteiger partial charge in [0.15, 0.2) is 0 Å². The number of halogens is 5. The molecule has 0 saturated heterocycles. The van der Waals surface area contributed by atoms with E-state index in [1.54, 1.807) is 6.07 Å². The predicted octanol–water partition coefficient (Wildman–Crippen LogP) is 6.75. The van der Waals surface area contributed by atoms with E-state index in [2.05, 4.69) is 4.98 Å². The second-order valence-electron chi connectivity index (χ2n) is 7.76. The molecule has 2 aromatic carbocycles. The molecule has 34 heavy (non-hydrogen) atoms. The van der Waals surface area contributed by atoms with Crippen LogP contribution < -0.4 is 4.74 Å². The SMILES string of the molecule is O=C(O)c1cccc(C2=C(c3cc(C(F)(F)F)ccc3OCc3ccc(F)cc3F)CCC2)n1. The van der Waals surface area contributed by atoms with Gasteiger partial charge in [-0.25, -0.2) is 18.6 Å². The maximum atomic E-state index is 14.0. The maximum Gasteiger partial charge on any atom is 0.416 e. The van der Waals surface area contributed by atoms with Gasteiger partial charge in [-0.2, -0.15) is 13.2 Å². The molecule has 1 aliphatic rings. The first-order valence-corrected chi connectivity index (χ1v) is 10.3. The number of alkyl halides is 3. The molecule has 1 heterocycles. The molecule has 0 unspecified atom stereocenters. The Kier molecular flexibility index (Phi) is 6.37. The van der Waals surface area contributed by atoms with Gasteiger partial charge in [0, 0.05) is 17.2 Å². The molecule has 0 aliphatic heterocycles. The Labute approximate surface area is 191 Å². The zero-order chi connectivity index (χ0) is 24.5. The molecule has 0 atom stereocenters. The number of nitrogens with zero attached hydrogens (tertiary/aromatic N) is 1. The molecule has 0 saturated carbocycles. The van der Waals surface area contributed by atoms with Gasteiger partial charge in [0.25, 0.3) is 0 Å². The molecule has 176 valence electrons. The molecule has 1 N–H and O–H groups in total. The van der Waals surface area contributed by atoms with Crippen LogP contribution in [-0.4, -0.2) is 16.1 Å². The fraction of sp³-hybridized carbons (Fsp3) is 0.200. The van der Waals surface area contributed by atoms with Crippen LogP contribution >= 0.6 is 0 Å². The van der Waals surface area contributed by atoms with Crippen LogP contribution in [0.4, 0.5) is 22.0 Å². The van der Waals surface area contributed by atoms with Crippen molar-refractivity contribution in [1.82, 2.24) is 4.98 Å². The van der Waals surface area contributed by atoms with Gasteiger partial charge in [0.05, 0.1) is 11.3 Å². The summed E-state index contributed by atoms with van der Waals surface area (Å²) in [5, 5.41) is 9.25. The number of benzene rings is 2. The van der Waals surface area contributed by atoms with Crippen LogP contribution in [0.5, 0.6) is 5.75 Å². The lowest BCUT2D eigenvalue weighted by Crippen LogP contribution is -2.07. The van der Waals surface area contributed by atoms with Gasteiger partial charge in [-0.05, 0) is 72.9 Å². The van der Waals surface area contributed by atoms with E-state index in [9.17, 15) is 31.9 Å².